The molecule has 0 spiro atoms. The molecule has 0 aliphatic carbocycles. The quantitative estimate of drug-likeness (QED) is 0.591. The van der Waals surface area contributed by atoms with Gasteiger partial charge in [0.1, 0.15) is 0 Å². The van der Waals surface area contributed by atoms with E-state index in [1.165, 1.54) is 11.8 Å². The standard InChI is InChI=1S/C19H26N4O5S/c1-12(17(24)20-10-13-6-7-15(26-2)16(9-13)27-3)29-19-22-21-18(25)23(19)11-14-5-4-8-28-14/h6-7,9,12,14H,4-5,8,10-11H2,1-3H3,(H,20,24)(H,21,25)/t12-,14+/m0/s1. The van der Waals surface area contributed by atoms with Gasteiger partial charge in [-0.25, -0.2) is 9.89 Å². The molecule has 2 aromatic rings. The number of aromatic amines is 1. The molecular formula is C19H26N4O5S. The van der Waals surface area contributed by atoms with Crippen LogP contribution >= 0.6 is 11.8 Å². The van der Waals surface area contributed by atoms with Crippen LogP contribution in [0.15, 0.2) is 28.2 Å². The van der Waals surface area contributed by atoms with E-state index in [1.807, 2.05) is 12.1 Å². The zero-order valence-corrected chi connectivity index (χ0v) is 17.6. The first-order valence-electron chi connectivity index (χ1n) is 9.44. The molecule has 1 aliphatic heterocycles. The van der Waals surface area contributed by atoms with Gasteiger partial charge < -0.3 is 19.5 Å². The Kier molecular flexibility index (Phi) is 7.21. The van der Waals surface area contributed by atoms with Crippen LogP contribution in [0, 0.1) is 0 Å². The second-order valence-electron chi connectivity index (χ2n) is 6.72. The second kappa shape index (κ2) is 9.84. The lowest BCUT2D eigenvalue weighted by atomic mass is 10.2. The smallest absolute Gasteiger partial charge is 0.344 e. The molecule has 1 fully saturated rings. The Morgan fingerprint density at radius 1 is 1.41 bits per heavy atom. The molecule has 1 saturated heterocycles. The third-order valence-electron chi connectivity index (χ3n) is 4.70. The molecule has 1 aromatic carbocycles. The Labute approximate surface area is 173 Å². The summed E-state index contributed by atoms with van der Waals surface area (Å²) in [4.78, 5) is 24.6. The van der Waals surface area contributed by atoms with Crippen molar-refractivity contribution >= 4 is 17.7 Å². The predicted molar refractivity (Wildman–Crippen MR) is 109 cm³/mol. The van der Waals surface area contributed by atoms with Gasteiger partial charge in [-0.3, -0.25) is 9.36 Å². The van der Waals surface area contributed by atoms with Crippen molar-refractivity contribution in [2.24, 2.45) is 0 Å². The minimum atomic E-state index is -0.423. The summed E-state index contributed by atoms with van der Waals surface area (Å²) in [5.74, 6) is 1.09. The number of nitrogens with zero attached hydrogens (tertiary/aromatic N) is 2. The van der Waals surface area contributed by atoms with Gasteiger partial charge in [0, 0.05) is 13.2 Å². The summed E-state index contributed by atoms with van der Waals surface area (Å²) >= 11 is 1.24. The lowest BCUT2D eigenvalue weighted by Crippen LogP contribution is -2.31. The van der Waals surface area contributed by atoms with Crippen molar-refractivity contribution in [1.29, 1.82) is 0 Å². The van der Waals surface area contributed by atoms with Crippen LogP contribution in [-0.2, 0) is 22.6 Å². The first-order chi connectivity index (χ1) is 14.0. The lowest BCUT2D eigenvalue weighted by Gasteiger charge is -2.14. The summed E-state index contributed by atoms with van der Waals surface area (Å²) in [7, 11) is 3.14. The number of carbonyl (C=O) groups is 1. The zero-order chi connectivity index (χ0) is 20.8. The van der Waals surface area contributed by atoms with E-state index >= 15 is 0 Å². The normalized spacial score (nSPS) is 17.1. The Balaban J connectivity index is 1.58. The number of aromatic nitrogens is 3. The molecule has 0 saturated carbocycles. The van der Waals surface area contributed by atoms with Crippen LogP contribution < -0.4 is 20.5 Å². The number of rotatable bonds is 9. The largest absolute Gasteiger partial charge is 0.493 e. The highest BCUT2D eigenvalue weighted by atomic mass is 32.2. The summed E-state index contributed by atoms with van der Waals surface area (Å²) in [6.07, 6.45) is 1.93. The van der Waals surface area contributed by atoms with Crippen molar-refractivity contribution in [3.05, 3.63) is 34.2 Å². The molecule has 10 heteroatoms. The van der Waals surface area contributed by atoms with E-state index in [2.05, 4.69) is 15.5 Å². The number of benzene rings is 1. The van der Waals surface area contributed by atoms with Gasteiger partial charge in [0.05, 0.1) is 32.1 Å². The zero-order valence-electron chi connectivity index (χ0n) is 16.8. The third-order valence-corrected chi connectivity index (χ3v) is 5.79. The molecule has 0 unspecified atom stereocenters. The molecule has 29 heavy (non-hydrogen) atoms. The van der Waals surface area contributed by atoms with E-state index in [9.17, 15) is 9.59 Å². The molecule has 2 heterocycles. The van der Waals surface area contributed by atoms with Gasteiger partial charge in [-0.15, -0.1) is 5.10 Å². The van der Waals surface area contributed by atoms with E-state index in [1.54, 1.807) is 31.8 Å². The van der Waals surface area contributed by atoms with E-state index < -0.39 is 5.25 Å². The maximum atomic E-state index is 12.5. The van der Waals surface area contributed by atoms with Crippen molar-refractivity contribution < 1.29 is 19.0 Å². The molecule has 158 valence electrons. The molecule has 2 N–H and O–H groups in total. The fourth-order valence-corrected chi connectivity index (χ4v) is 3.97. The van der Waals surface area contributed by atoms with Crippen LogP contribution in [0.4, 0.5) is 0 Å². The number of hydrogen-bond acceptors (Lipinski definition) is 7. The van der Waals surface area contributed by atoms with Crippen LogP contribution in [0.5, 0.6) is 11.5 Å². The second-order valence-corrected chi connectivity index (χ2v) is 8.03. The van der Waals surface area contributed by atoms with Gasteiger partial charge in [0.15, 0.2) is 16.7 Å². The summed E-state index contributed by atoms with van der Waals surface area (Å²) in [5.41, 5.74) is 0.601. The fourth-order valence-electron chi connectivity index (χ4n) is 3.08. The van der Waals surface area contributed by atoms with Gasteiger partial charge in [-0.1, -0.05) is 17.8 Å². The van der Waals surface area contributed by atoms with E-state index in [0.29, 0.717) is 36.4 Å². The Morgan fingerprint density at radius 3 is 2.90 bits per heavy atom. The maximum Gasteiger partial charge on any atom is 0.344 e. The van der Waals surface area contributed by atoms with E-state index in [-0.39, 0.29) is 17.7 Å². The molecule has 1 aliphatic rings. The number of nitrogens with one attached hydrogen (secondary N) is 2. The van der Waals surface area contributed by atoms with Crippen molar-refractivity contribution in [1.82, 2.24) is 20.1 Å². The summed E-state index contributed by atoms with van der Waals surface area (Å²) in [5, 5.41) is 9.49. The lowest BCUT2D eigenvalue weighted by molar-refractivity contribution is -0.120. The summed E-state index contributed by atoms with van der Waals surface area (Å²) in [6.45, 7) is 3.30. The van der Waals surface area contributed by atoms with E-state index in [4.69, 9.17) is 14.2 Å². The molecule has 1 aromatic heterocycles. The highest BCUT2D eigenvalue weighted by molar-refractivity contribution is 8.00. The Morgan fingerprint density at radius 2 is 2.21 bits per heavy atom. The van der Waals surface area contributed by atoms with Crippen LogP contribution in [0.1, 0.15) is 25.3 Å². The van der Waals surface area contributed by atoms with Gasteiger partial charge in [-0.05, 0) is 37.5 Å². The minimum absolute atomic E-state index is 0.0128. The molecular weight excluding hydrogens is 396 g/mol. The number of amides is 1. The van der Waals surface area contributed by atoms with Gasteiger partial charge in [-0.2, -0.15) is 0 Å². The minimum Gasteiger partial charge on any atom is -0.493 e. The predicted octanol–water partition coefficient (Wildman–Crippen LogP) is 1.56. The van der Waals surface area contributed by atoms with Gasteiger partial charge in [0.25, 0.3) is 0 Å². The maximum absolute atomic E-state index is 12.5. The highest BCUT2D eigenvalue weighted by Gasteiger charge is 2.22. The molecule has 9 nitrogen and oxygen atoms in total. The molecule has 1 amide bonds. The topological polar surface area (TPSA) is 107 Å². The van der Waals surface area contributed by atoms with Crippen molar-refractivity contribution in [3.8, 4) is 11.5 Å². The molecule has 3 rings (SSSR count). The average Bonchev–Trinajstić information content (AvgIpc) is 3.37. The summed E-state index contributed by atoms with van der Waals surface area (Å²) in [6, 6.07) is 5.49. The first kappa shape index (κ1) is 21.3. The van der Waals surface area contributed by atoms with Crippen LogP contribution in [0.25, 0.3) is 0 Å². The Hall–Kier alpha value is -2.46. The van der Waals surface area contributed by atoms with Gasteiger partial charge in [0.2, 0.25) is 5.91 Å². The number of ether oxygens (including phenoxy) is 3. The third kappa shape index (κ3) is 5.33. The van der Waals surface area contributed by atoms with Crippen LogP contribution in [0.2, 0.25) is 0 Å². The number of methoxy groups -OCH3 is 2. The first-order valence-corrected chi connectivity index (χ1v) is 10.3. The fraction of sp³-hybridized carbons (Fsp3) is 0.526. The highest BCUT2D eigenvalue weighted by Crippen LogP contribution is 2.27. The number of H-pyrrole nitrogens is 1. The number of hydrogen-bond donors (Lipinski definition) is 2. The van der Waals surface area contributed by atoms with E-state index in [0.717, 1.165) is 18.4 Å². The van der Waals surface area contributed by atoms with Crippen molar-refractivity contribution in [2.45, 2.75) is 49.4 Å². The van der Waals surface area contributed by atoms with Crippen molar-refractivity contribution in [2.75, 3.05) is 20.8 Å². The monoisotopic (exact) mass is 422 g/mol. The van der Waals surface area contributed by atoms with Crippen LogP contribution in [0.3, 0.4) is 0 Å². The molecule has 0 bridgehead atoms. The number of carbonyl (C=O) groups excluding carboxylic acids is 1. The SMILES string of the molecule is COc1ccc(CNC(=O)[C@H](C)Sc2n[nH]c(=O)n2C[C@H]2CCCO2)cc1OC. The van der Waals surface area contributed by atoms with Gasteiger partial charge >= 0.3 is 5.69 Å². The number of thioether (sulfide) groups is 1. The average molecular weight is 423 g/mol. The summed E-state index contributed by atoms with van der Waals surface area (Å²) < 4.78 is 17.6. The van der Waals surface area contributed by atoms with Crippen LogP contribution in [-0.4, -0.2) is 52.9 Å². The molecule has 0 radical (unpaired) electrons. The van der Waals surface area contributed by atoms with Crippen molar-refractivity contribution in [3.63, 3.8) is 0 Å². The molecule has 2 atom stereocenters. The Bertz CT molecular complexity index is 891.